The number of ether oxygens (including phenoxy) is 1. The predicted molar refractivity (Wildman–Crippen MR) is 52.9 cm³/mol. The van der Waals surface area contributed by atoms with Crippen molar-refractivity contribution in [2.24, 2.45) is 0 Å². The third-order valence-electron chi connectivity index (χ3n) is 1.51. The second-order valence-corrected chi connectivity index (χ2v) is 2.49. The van der Waals surface area contributed by atoms with E-state index in [0.29, 0.717) is 0 Å². The Morgan fingerprint density at radius 1 is 1.43 bits per heavy atom. The molecule has 0 saturated carbocycles. The van der Waals surface area contributed by atoms with Crippen molar-refractivity contribution >= 4 is 5.97 Å². The van der Waals surface area contributed by atoms with Gasteiger partial charge in [0.25, 0.3) is 0 Å². The van der Waals surface area contributed by atoms with Gasteiger partial charge < -0.3 is 9.84 Å². The monoisotopic (exact) mass is 190 g/mol. The lowest BCUT2D eigenvalue weighted by molar-refractivity contribution is 0.0660. The minimum Gasteiger partial charge on any atom is -0.507 e. The van der Waals surface area contributed by atoms with Crippen molar-refractivity contribution in [2.45, 2.75) is 0 Å². The number of aromatic hydroxyl groups is 1. The van der Waals surface area contributed by atoms with Gasteiger partial charge in [0.1, 0.15) is 11.3 Å². The van der Waals surface area contributed by atoms with Crippen LogP contribution in [0.2, 0.25) is 0 Å². The van der Waals surface area contributed by atoms with Crippen LogP contribution >= 0.6 is 0 Å². The molecule has 3 heteroatoms. The first-order chi connectivity index (χ1) is 6.75. The Hall–Kier alpha value is -2.03. The Bertz CT molecular complexity index is 367. The summed E-state index contributed by atoms with van der Waals surface area (Å²) in [7, 11) is 0. The fourth-order valence-electron chi connectivity index (χ4n) is 0.866. The maximum atomic E-state index is 11.3. The van der Waals surface area contributed by atoms with Crippen molar-refractivity contribution in [3.8, 4) is 5.75 Å². The van der Waals surface area contributed by atoms with Gasteiger partial charge in [0.2, 0.25) is 0 Å². The highest BCUT2D eigenvalue weighted by molar-refractivity contribution is 5.92. The molecule has 1 aromatic carbocycles. The van der Waals surface area contributed by atoms with Crippen molar-refractivity contribution in [2.75, 3.05) is 0 Å². The highest BCUT2D eigenvalue weighted by atomic mass is 16.5. The van der Waals surface area contributed by atoms with Crippen LogP contribution in [0.4, 0.5) is 0 Å². The second-order valence-electron chi connectivity index (χ2n) is 2.49. The minimum absolute atomic E-state index is 0.0931. The van der Waals surface area contributed by atoms with Crippen LogP contribution in [0.3, 0.4) is 0 Å². The molecule has 0 aliphatic rings. The molecule has 0 aliphatic carbocycles. The van der Waals surface area contributed by atoms with Crippen molar-refractivity contribution in [1.29, 1.82) is 0 Å². The smallest absolute Gasteiger partial charge is 0.346 e. The van der Waals surface area contributed by atoms with Gasteiger partial charge in [0, 0.05) is 0 Å². The van der Waals surface area contributed by atoms with Gasteiger partial charge in [-0.05, 0) is 18.2 Å². The number of esters is 1. The normalized spacial score (nSPS) is 10.0. The fraction of sp³-hybridized carbons (Fsp3) is 0. The number of carbonyl (C=O) groups is 1. The number of phenols is 1. The molecule has 1 rings (SSSR count). The molecule has 0 bridgehead atoms. The van der Waals surface area contributed by atoms with Gasteiger partial charge in [-0.3, -0.25) is 0 Å². The van der Waals surface area contributed by atoms with Gasteiger partial charge in [-0.2, -0.15) is 0 Å². The molecule has 0 atom stereocenters. The Kier molecular flexibility index (Phi) is 3.49. The van der Waals surface area contributed by atoms with E-state index in [4.69, 9.17) is 4.74 Å². The third kappa shape index (κ3) is 2.48. The summed E-state index contributed by atoms with van der Waals surface area (Å²) in [4.78, 5) is 11.3. The standard InChI is InChI=1S/C11H10O3/c1-2-3-8-14-11(13)9-6-4-5-7-10(9)12/h2-8,12H,1H2. The summed E-state index contributed by atoms with van der Waals surface area (Å²) >= 11 is 0. The number of para-hydroxylation sites is 1. The van der Waals surface area contributed by atoms with E-state index in [1.165, 1.54) is 30.5 Å². The topological polar surface area (TPSA) is 46.5 Å². The van der Waals surface area contributed by atoms with Crippen molar-refractivity contribution in [3.63, 3.8) is 0 Å². The summed E-state index contributed by atoms with van der Waals surface area (Å²) in [6.45, 7) is 3.42. The fourth-order valence-corrected chi connectivity index (χ4v) is 0.866. The molecular weight excluding hydrogens is 180 g/mol. The van der Waals surface area contributed by atoms with E-state index in [1.807, 2.05) is 0 Å². The zero-order valence-electron chi connectivity index (χ0n) is 7.51. The number of benzene rings is 1. The number of hydrogen-bond acceptors (Lipinski definition) is 3. The van der Waals surface area contributed by atoms with Gasteiger partial charge in [-0.15, -0.1) is 0 Å². The van der Waals surface area contributed by atoms with Crippen molar-refractivity contribution in [1.82, 2.24) is 0 Å². The molecule has 0 amide bonds. The summed E-state index contributed by atoms with van der Waals surface area (Å²) in [6.07, 6.45) is 4.18. The predicted octanol–water partition coefficient (Wildman–Crippen LogP) is 2.25. The van der Waals surface area contributed by atoms with Crippen molar-refractivity contribution < 1.29 is 14.6 Å². The van der Waals surface area contributed by atoms with Crippen LogP contribution in [0, 0.1) is 0 Å². The Balaban J connectivity index is 2.75. The lowest BCUT2D eigenvalue weighted by Gasteiger charge is -2.00. The Morgan fingerprint density at radius 3 is 2.79 bits per heavy atom. The Labute approximate surface area is 81.9 Å². The van der Waals surface area contributed by atoms with Crippen LogP contribution in [0.15, 0.2) is 49.3 Å². The summed E-state index contributed by atoms with van der Waals surface area (Å²) in [5.41, 5.74) is 0.140. The van der Waals surface area contributed by atoms with E-state index in [9.17, 15) is 9.90 Å². The minimum atomic E-state index is -0.596. The first-order valence-corrected chi connectivity index (χ1v) is 4.02. The molecule has 0 saturated heterocycles. The van der Waals surface area contributed by atoms with Crippen LogP contribution < -0.4 is 0 Å². The SMILES string of the molecule is C=CC=COC(=O)c1ccccc1O. The Morgan fingerprint density at radius 2 is 2.14 bits per heavy atom. The molecule has 14 heavy (non-hydrogen) atoms. The van der Waals surface area contributed by atoms with E-state index in [-0.39, 0.29) is 11.3 Å². The van der Waals surface area contributed by atoms with Gasteiger partial charge in [0.15, 0.2) is 0 Å². The number of allylic oxidation sites excluding steroid dienone is 2. The molecule has 0 heterocycles. The number of rotatable bonds is 3. The zero-order chi connectivity index (χ0) is 10.4. The molecule has 0 unspecified atom stereocenters. The lowest BCUT2D eigenvalue weighted by atomic mass is 10.2. The van der Waals surface area contributed by atoms with Gasteiger partial charge >= 0.3 is 5.97 Å². The average Bonchev–Trinajstić information content (AvgIpc) is 2.18. The van der Waals surface area contributed by atoms with Gasteiger partial charge in [-0.25, -0.2) is 4.79 Å². The first kappa shape index (κ1) is 10.1. The molecule has 0 aliphatic heterocycles. The van der Waals surface area contributed by atoms with Crippen LogP contribution in [0.1, 0.15) is 10.4 Å². The number of hydrogen-bond donors (Lipinski definition) is 1. The second kappa shape index (κ2) is 4.87. The quantitative estimate of drug-likeness (QED) is 0.451. The maximum absolute atomic E-state index is 11.3. The lowest BCUT2D eigenvalue weighted by Crippen LogP contribution is -2.00. The molecular formula is C11H10O3. The largest absolute Gasteiger partial charge is 0.507 e. The molecule has 0 aromatic heterocycles. The average molecular weight is 190 g/mol. The van der Waals surface area contributed by atoms with Gasteiger partial charge in [-0.1, -0.05) is 24.8 Å². The third-order valence-corrected chi connectivity index (χ3v) is 1.51. The maximum Gasteiger partial charge on any atom is 0.346 e. The van der Waals surface area contributed by atoms with E-state index in [1.54, 1.807) is 12.1 Å². The first-order valence-electron chi connectivity index (χ1n) is 4.02. The highest BCUT2D eigenvalue weighted by Gasteiger charge is 2.09. The number of carbonyl (C=O) groups excluding carboxylic acids is 1. The summed E-state index contributed by atoms with van der Waals surface area (Å²) < 4.78 is 4.70. The summed E-state index contributed by atoms with van der Waals surface area (Å²) in [5, 5.41) is 9.29. The van der Waals surface area contributed by atoms with Crippen LogP contribution in [-0.4, -0.2) is 11.1 Å². The highest BCUT2D eigenvalue weighted by Crippen LogP contribution is 2.16. The summed E-state index contributed by atoms with van der Waals surface area (Å²) in [6, 6.07) is 6.19. The van der Waals surface area contributed by atoms with E-state index >= 15 is 0 Å². The van der Waals surface area contributed by atoms with Crippen LogP contribution in [0.25, 0.3) is 0 Å². The molecule has 3 nitrogen and oxygen atoms in total. The zero-order valence-corrected chi connectivity index (χ0v) is 7.51. The molecule has 0 spiro atoms. The molecule has 0 fully saturated rings. The van der Waals surface area contributed by atoms with Crippen LogP contribution in [0.5, 0.6) is 5.75 Å². The van der Waals surface area contributed by atoms with Crippen molar-refractivity contribution in [3.05, 3.63) is 54.8 Å². The van der Waals surface area contributed by atoms with E-state index < -0.39 is 5.97 Å². The van der Waals surface area contributed by atoms with E-state index in [0.717, 1.165) is 0 Å². The van der Waals surface area contributed by atoms with E-state index in [2.05, 4.69) is 6.58 Å². The van der Waals surface area contributed by atoms with Gasteiger partial charge in [0.05, 0.1) is 6.26 Å². The number of phenolic OH excluding ortho intramolecular Hbond substituents is 1. The molecule has 1 aromatic rings. The summed E-state index contributed by atoms with van der Waals surface area (Å²) in [5.74, 6) is -0.689. The molecule has 72 valence electrons. The molecule has 1 N–H and O–H groups in total. The van der Waals surface area contributed by atoms with Crippen LogP contribution in [-0.2, 0) is 4.74 Å². The molecule has 0 radical (unpaired) electrons.